The van der Waals surface area contributed by atoms with Gasteiger partial charge in [-0.3, -0.25) is 9.59 Å². The highest BCUT2D eigenvalue weighted by Gasteiger charge is 2.32. The minimum Gasteiger partial charge on any atom is -0.382 e. The highest BCUT2D eigenvalue weighted by Crippen LogP contribution is 2.36. The van der Waals surface area contributed by atoms with Crippen LogP contribution in [0.4, 0.5) is 5.69 Å². The van der Waals surface area contributed by atoms with Crippen LogP contribution in [0.3, 0.4) is 0 Å². The number of fused-ring (bicyclic) bond motifs is 1. The van der Waals surface area contributed by atoms with Gasteiger partial charge >= 0.3 is 0 Å². The van der Waals surface area contributed by atoms with Gasteiger partial charge < -0.3 is 15.4 Å². The summed E-state index contributed by atoms with van der Waals surface area (Å²) in [5.41, 5.74) is 1.52. The summed E-state index contributed by atoms with van der Waals surface area (Å²) >= 11 is 5.95. The van der Waals surface area contributed by atoms with Crippen LogP contribution < -0.4 is 10.6 Å². The summed E-state index contributed by atoms with van der Waals surface area (Å²) in [4.78, 5) is 23.8. The first-order valence-electron chi connectivity index (χ1n) is 7.06. The van der Waals surface area contributed by atoms with Gasteiger partial charge in [0.25, 0.3) is 0 Å². The van der Waals surface area contributed by atoms with E-state index >= 15 is 0 Å². The minimum atomic E-state index is -0.467. The van der Waals surface area contributed by atoms with Crippen molar-refractivity contribution in [2.45, 2.75) is 25.7 Å². The Hall–Kier alpha value is -1.59. The number of benzene rings is 1. The summed E-state index contributed by atoms with van der Waals surface area (Å²) in [7, 11) is 0. The van der Waals surface area contributed by atoms with Gasteiger partial charge in [0.15, 0.2) is 0 Å². The van der Waals surface area contributed by atoms with E-state index in [0.29, 0.717) is 24.8 Å². The van der Waals surface area contributed by atoms with Crippen molar-refractivity contribution in [3.05, 3.63) is 28.8 Å². The van der Waals surface area contributed by atoms with Crippen molar-refractivity contribution in [2.24, 2.45) is 0 Å². The van der Waals surface area contributed by atoms with Gasteiger partial charge in [0.1, 0.15) is 0 Å². The Balaban J connectivity index is 1.87. The second-order valence-corrected chi connectivity index (χ2v) is 5.31. The number of anilines is 1. The number of rotatable bonds is 7. The lowest BCUT2D eigenvalue weighted by molar-refractivity contribution is -0.125. The third-order valence-electron chi connectivity index (χ3n) is 3.34. The average Bonchev–Trinajstić information content (AvgIpc) is 2.75. The molecule has 114 valence electrons. The SMILES string of the molecule is CCOCCCNC(=O)CC1C(=O)Nc2ccc(Cl)cc21. The molecule has 0 aromatic heterocycles. The van der Waals surface area contributed by atoms with Gasteiger partial charge in [-0.2, -0.15) is 0 Å². The Kier molecular flexibility index (Phi) is 5.59. The summed E-state index contributed by atoms with van der Waals surface area (Å²) in [5.74, 6) is -0.762. The number of carbonyl (C=O) groups excluding carboxylic acids is 2. The third kappa shape index (κ3) is 4.19. The zero-order chi connectivity index (χ0) is 15.2. The van der Waals surface area contributed by atoms with Gasteiger partial charge in [-0.05, 0) is 37.1 Å². The first-order chi connectivity index (χ1) is 10.1. The summed E-state index contributed by atoms with van der Waals surface area (Å²) in [6.45, 7) is 3.78. The van der Waals surface area contributed by atoms with Crippen LogP contribution in [0.5, 0.6) is 0 Å². The van der Waals surface area contributed by atoms with Gasteiger partial charge in [-0.15, -0.1) is 0 Å². The monoisotopic (exact) mass is 310 g/mol. The maximum absolute atomic E-state index is 11.9. The molecule has 0 spiro atoms. The van der Waals surface area contributed by atoms with Gasteiger partial charge in [-0.1, -0.05) is 11.6 Å². The molecule has 2 amide bonds. The largest absolute Gasteiger partial charge is 0.382 e. The molecule has 6 heteroatoms. The molecule has 2 N–H and O–H groups in total. The Morgan fingerprint density at radius 2 is 2.29 bits per heavy atom. The molecule has 2 rings (SSSR count). The molecule has 0 saturated carbocycles. The van der Waals surface area contributed by atoms with Crippen LogP contribution in [0.2, 0.25) is 5.02 Å². The normalized spacial score (nSPS) is 16.5. The molecule has 1 heterocycles. The molecule has 0 radical (unpaired) electrons. The number of amides is 2. The van der Waals surface area contributed by atoms with Gasteiger partial charge in [0.05, 0.1) is 5.92 Å². The predicted molar refractivity (Wildman–Crippen MR) is 81.6 cm³/mol. The van der Waals surface area contributed by atoms with Crippen LogP contribution in [0.1, 0.15) is 31.2 Å². The number of hydrogen-bond acceptors (Lipinski definition) is 3. The molecule has 0 fully saturated rings. The van der Waals surface area contributed by atoms with E-state index in [1.165, 1.54) is 0 Å². The third-order valence-corrected chi connectivity index (χ3v) is 3.58. The van der Waals surface area contributed by atoms with Crippen molar-refractivity contribution in [3.8, 4) is 0 Å². The van der Waals surface area contributed by atoms with Crippen molar-refractivity contribution < 1.29 is 14.3 Å². The van der Waals surface area contributed by atoms with Crippen LogP contribution in [0, 0.1) is 0 Å². The lowest BCUT2D eigenvalue weighted by atomic mass is 9.97. The topological polar surface area (TPSA) is 67.4 Å². The fraction of sp³-hybridized carbons (Fsp3) is 0.467. The fourth-order valence-electron chi connectivity index (χ4n) is 2.30. The summed E-state index contributed by atoms with van der Waals surface area (Å²) in [6, 6.07) is 5.22. The van der Waals surface area contributed by atoms with E-state index in [9.17, 15) is 9.59 Å². The maximum atomic E-state index is 11.9. The van der Waals surface area contributed by atoms with Crippen LogP contribution in [0.25, 0.3) is 0 Å². The number of hydrogen-bond donors (Lipinski definition) is 2. The molecule has 5 nitrogen and oxygen atoms in total. The number of nitrogens with one attached hydrogen (secondary N) is 2. The molecule has 1 aliphatic rings. The van der Waals surface area contributed by atoms with Crippen LogP contribution in [0.15, 0.2) is 18.2 Å². The Morgan fingerprint density at radius 1 is 1.48 bits per heavy atom. The summed E-state index contributed by atoms with van der Waals surface area (Å²) in [5, 5.41) is 6.13. The highest BCUT2D eigenvalue weighted by atomic mass is 35.5. The highest BCUT2D eigenvalue weighted by molar-refractivity contribution is 6.31. The smallest absolute Gasteiger partial charge is 0.232 e. The molecule has 1 aliphatic heterocycles. The van der Waals surface area contributed by atoms with E-state index in [-0.39, 0.29) is 18.2 Å². The zero-order valence-corrected chi connectivity index (χ0v) is 12.7. The molecule has 1 aromatic carbocycles. The first-order valence-corrected chi connectivity index (χ1v) is 7.44. The lowest BCUT2D eigenvalue weighted by Gasteiger charge is -2.10. The fourth-order valence-corrected chi connectivity index (χ4v) is 2.48. The average molecular weight is 311 g/mol. The van der Waals surface area contributed by atoms with Crippen molar-refractivity contribution >= 4 is 29.1 Å². The molecule has 0 bridgehead atoms. The molecular formula is C15H19ClN2O3. The van der Waals surface area contributed by atoms with E-state index in [1.807, 2.05) is 6.92 Å². The standard InChI is InChI=1S/C15H19ClN2O3/c1-2-21-7-3-6-17-14(19)9-12-11-8-10(16)4-5-13(11)18-15(12)20/h4-5,8,12H,2-3,6-7,9H2,1H3,(H,17,19)(H,18,20). The predicted octanol–water partition coefficient (Wildman–Crippen LogP) is 2.31. The molecule has 1 aromatic rings. The first kappa shape index (κ1) is 15.8. The van der Waals surface area contributed by atoms with E-state index in [1.54, 1.807) is 18.2 Å². The second-order valence-electron chi connectivity index (χ2n) is 4.88. The van der Waals surface area contributed by atoms with E-state index < -0.39 is 5.92 Å². The number of carbonyl (C=O) groups is 2. The minimum absolute atomic E-state index is 0.133. The molecule has 0 saturated heterocycles. The van der Waals surface area contributed by atoms with Gasteiger partial charge in [0, 0.05) is 36.9 Å². The molecular weight excluding hydrogens is 292 g/mol. The number of ether oxygens (including phenoxy) is 1. The van der Waals surface area contributed by atoms with Gasteiger partial charge in [0.2, 0.25) is 11.8 Å². The van der Waals surface area contributed by atoms with E-state index in [0.717, 1.165) is 17.7 Å². The molecule has 1 unspecified atom stereocenters. The molecule has 0 aliphatic carbocycles. The van der Waals surface area contributed by atoms with Crippen LogP contribution >= 0.6 is 11.6 Å². The van der Waals surface area contributed by atoms with E-state index in [2.05, 4.69) is 10.6 Å². The summed E-state index contributed by atoms with van der Waals surface area (Å²) < 4.78 is 5.20. The number of halogens is 1. The maximum Gasteiger partial charge on any atom is 0.232 e. The van der Waals surface area contributed by atoms with Crippen molar-refractivity contribution in [3.63, 3.8) is 0 Å². The second kappa shape index (κ2) is 7.43. The van der Waals surface area contributed by atoms with Crippen molar-refractivity contribution in [2.75, 3.05) is 25.1 Å². The lowest BCUT2D eigenvalue weighted by Crippen LogP contribution is -2.28. The Bertz CT molecular complexity index is 534. The summed E-state index contributed by atoms with van der Waals surface area (Å²) in [6.07, 6.45) is 0.896. The molecule has 1 atom stereocenters. The van der Waals surface area contributed by atoms with Crippen LogP contribution in [-0.2, 0) is 14.3 Å². The van der Waals surface area contributed by atoms with Gasteiger partial charge in [-0.25, -0.2) is 0 Å². The van der Waals surface area contributed by atoms with Crippen LogP contribution in [-0.4, -0.2) is 31.6 Å². The van der Waals surface area contributed by atoms with Crippen molar-refractivity contribution in [1.82, 2.24) is 5.32 Å². The Morgan fingerprint density at radius 3 is 3.05 bits per heavy atom. The zero-order valence-electron chi connectivity index (χ0n) is 11.9. The quantitative estimate of drug-likeness (QED) is 0.759. The van der Waals surface area contributed by atoms with Crippen molar-refractivity contribution in [1.29, 1.82) is 0 Å². The Labute approximate surface area is 129 Å². The molecule has 21 heavy (non-hydrogen) atoms. The van der Waals surface area contributed by atoms with E-state index in [4.69, 9.17) is 16.3 Å².